The van der Waals surface area contributed by atoms with E-state index in [1.807, 2.05) is 12.2 Å². The Balaban J connectivity index is 0. The van der Waals surface area contributed by atoms with Crippen molar-refractivity contribution in [2.24, 2.45) is 0 Å². The largest absolute Gasteiger partial charge is 1.00 e. The summed E-state index contributed by atoms with van der Waals surface area (Å²) in [5.74, 6) is -1.48. The van der Waals surface area contributed by atoms with Gasteiger partial charge in [0, 0.05) is 47.7 Å². The van der Waals surface area contributed by atoms with E-state index >= 15 is 0 Å². The standard InChI is InChI=1S/C10H13NO4.C9H11NO4.Na.H2O/c1-15-10(12)6-5-8-3-2-4-9(7-8)11(13)14;11-9(12)5-4-7-2-1-3-8(6-7)10(13)14;;/h3,5-6,9H,2,4,7H2,1H3;2,4-5,8H,1,3,6H2,(H,11,12);;1H2/q;;+1;/p-1/b6-5+;5-4+;;. The summed E-state index contributed by atoms with van der Waals surface area (Å²) in [5, 5.41) is 29.4. The first kappa shape index (κ1) is 30.9. The van der Waals surface area contributed by atoms with E-state index in [1.165, 1.54) is 19.3 Å². The summed E-state index contributed by atoms with van der Waals surface area (Å²) in [6.45, 7) is 0. The van der Waals surface area contributed by atoms with Crippen molar-refractivity contribution < 1.29 is 64.3 Å². The smallest absolute Gasteiger partial charge is 0.870 e. The number of hydrogen-bond donors (Lipinski definition) is 1. The van der Waals surface area contributed by atoms with Crippen LogP contribution in [0.1, 0.15) is 38.5 Å². The number of allylic oxidation sites excluding steroid dienone is 4. The fourth-order valence-corrected chi connectivity index (χ4v) is 2.89. The van der Waals surface area contributed by atoms with Crippen molar-refractivity contribution in [3.63, 3.8) is 0 Å². The van der Waals surface area contributed by atoms with E-state index in [1.54, 1.807) is 6.08 Å². The summed E-state index contributed by atoms with van der Waals surface area (Å²) >= 11 is 0. The molecule has 166 valence electrons. The number of esters is 1. The number of ether oxygens (including phenoxy) is 1. The van der Waals surface area contributed by atoms with Gasteiger partial charge in [-0.1, -0.05) is 24.3 Å². The number of aliphatic carboxylic acids is 1. The molecule has 2 aliphatic carbocycles. The molecule has 2 atom stereocenters. The molecule has 0 saturated heterocycles. The Morgan fingerprint density at radius 3 is 1.77 bits per heavy atom. The summed E-state index contributed by atoms with van der Waals surface area (Å²) in [6.07, 6.45) is 12.2. The van der Waals surface area contributed by atoms with Gasteiger partial charge in [0.25, 0.3) is 0 Å². The number of carbonyl (C=O) groups is 2. The zero-order chi connectivity index (χ0) is 21.8. The fourth-order valence-electron chi connectivity index (χ4n) is 2.89. The molecule has 0 heterocycles. The van der Waals surface area contributed by atoms with Crippen LogP contribution in [-0.2, 0) is 14.3 Å². The number of rotatable bonds is 6. The second-order valence-electron chi connectivity index (χ2n) is 6.53. The van der Waals surface area contributed by atoms with Gasteiger partial charge in [0.15, 0.2) is 0 Å². The van der Waals surface area contributed by atoms with Gasteiger partial charge in [0.1, 0.15) is 0 Å². The maximum atomic E-state index is 10.8. The Bertz CT molecular complexity index is 759. The van der Waals surface area contributed by atoms with Gasteiger partial charge in [-0.3, -0.25) is 20.2 Å². The summed E-state index contributed by atoms with van der Waals surface area (Å²) in [5.41, 5.74) is 1.56. The molecule has 12 heteroatoms. The SMILES string of the molecule is COC(=O)/C=C/C1=CCCC([N+](=O)[O-])C1.O=C(O)/C=C/C1=CCCC([N+](=O)[O-])C1.[Na+].[OH-]. The van der Waals surface area contributed by atoms with Crippen LogP contribution in [-0.4, -0.2) is 51.6 Å². The van der Waals surface area contributed by atoms with Crippen LogP contribution in [0.5, 0.6) is 0 Å². The van der Waals surface area contributed by atoms with Crippen LogP contribution < -0.4 is 29.6 Å². The molecule has 0 spiro atoms. The van der Waals surface area contributed by atoms with E-state index in [0.717, 1.165) is 17.2 Å². The number of carboxylic acids is 1. The Morgan fingerprint density at radius 1 is 1.00 bits per heavy atom. The zero-order valence-corrected chi connectivity index (χ0v) is 19.5. The predicted molar refractivity (Wildman–Crippen MR) is 105 cm³/mol. The Morgan fingerprint density at radius 2 is 1.42 bits per heavy atom. The molecule has 0 fully saturated rings. The fraction of sp³-hybridized carbons (Fsp3) is 0.474. The number of nitrogens with zero attached hydrogens (tertiary/aromatic N) is 2. The monoisotopic (exact) mass is 448 g/mol. The first-order chi connectivity index (χ1) is 13.7. The molecule has 2 aliphatic rings. The van der Waals surface area contributed by atoms with Crippen molar-refractivity contribution in [3.05, 3.63) is 67.8 Å². The minimum Gasteiger partial charge on any atom is -0.870 e. The molecule has 0 aromatic rings. The van der Waals surface area contributed by atoms with Gasteiger partial charge in [-0.15, -0.1) is 0 Å². The average Bonchev–Trinajstić information content (AvgIpc) is 2.71. The van der Waals surface area contributed by atoms with E-state index in [2.05, 4.69) is 4.74 Å². The molecule has 2 rings (SSSR count). The van der Waals surface area contributed by atoms with Gasteiger partial charge in [-0.2, -0.15) is 0 Å². The molecule has 0 aromatic heterocycles. The Labute approximate surface area is 201 Å². The maximum absolute atomic E-state index is 10.8. The quantitative estimate of drug-likeness (QED) is 0.187. The molecule has 0 radical (unpaired) electrons. The third kappa shape index (κ3) is 12.8. The topological polar surface area (TPSA) is 180 Å². The van der Waals surface area contributed by atoms with E-state index in [-0.39, 0.29) is 44.9 Å². The van der Waals surface area contributed by atoms with Crippen LogP contribution in [0.2, 0.25) is 0 Å². The second kappa shape index (κ2) is 16.4. The van der Waals surface area contributed by atoms with Crippen molar-refractivity contribution in [1.29, 1.82) is 0 Å². The molecule has 31 heavy (non-hydrogen) atoms. The maximum Gasteiger partial charge on any atom is 1.00 e. The first-order valence-corrected chi connectivity index (χ1v) is 9.05. The van der Waals surface area contributed by atoms with E-state index in [9.17, 15) is 29.8 Å². The number of hydrogen-bond acceptors (Lipinski definition) is 8. The van der Waals surface area contributed by atoms with Crippen molar-refractivity contribution in [1.82, 2.24) is 0 Å². The molecule has 0 aromatic carbocycles. The van der Waals surface area contributed by atoms with Crippen molar-refractivity contribution in [3.8, 4) is 0 Å². The number of methoxy groups -OCH3 is 1. The molecule has 0 saturated carbocycles. The van der Waals surface area contributed by atoms with Crippen LogP contribution in [0, 0.1) is 20.2 Å². The molecule has 2 unspecified atom stereocenters. The van der Waals surface area contributed by atoms with Crippen molar-refractivity contribution in [2.75, 3.05) is 7.11 Å². The van der Waals surface area contributed by atoms with Crippen LogP contribution in [0.4, 0.5) is 0 Å². The van der Waals surface area contributed by atoms with Crippen molar-refractivity contribution >= 4 is 11.9 Å². The van der Waals surface area contributed by atoms with Gasteiger partial charge in [0.2, 0.25) is 12.1 Å². The van der Waals surface area contributed by atoms with E-state index < -0.39 is 24.0 Å². The molecular formula is C19H25N2NaO9. The predicted octanol–water partition coefficient (Wildman–Crippen LogP) is -0.319. The van der Waals surface area contributed by atoms with Crippen LogP contribution in [0.15, 0.2) is 47.6 Å². The number of carbonyl (C=O) groups excluding carboxylic acids is 1. The number of carboxylic acid groups (broad SMARTS) is 1. The third-order valence-corrected chi connectivity index (χ3v) is 4.43. The molecule has 0 amide bonds. The molecular weight excluding hydrogens is 423 g/mol. The third-order valence-electron chi connectivity index (χ3n) is 4.43. The molecule has 0 bridgehead atoms. The van der Waals surface area contributed by atoms with Crippen molar-refractivity contribution in [2.45, 2.75) is 50.6 Å². The van der Waals surface area contributed by atoms with Crippen LogP contribution in [0.3, 0.4) is 0 Å². The van der Waals surface area contributed by atoms with E-state index in [0.29, 0.717) is 38.5 Å². The van der Waals surface area contributed by atoms with Gasteiger partial charge < -0.3 is 15.3 Å². The minimum absolute atomic E-state index is 0. The summed E-state index contributed by atoms with van der Waals surface area (Å²) in [4.78, 5) is 41.5. The zero-order valence-electron chi connectivity index (χ0n) is 17.5. The summed E-state index contributed by atoms with van der Waals surface area (Å²) in [7, 11) is 1.29. The molecule has 0 aliphatic heterocycles. The first-order valence-electron chi connectivity index (χ1n) is 9.05. The summed E-state index contributed by atoms with van der Waals surface area (Å²) in [6, 6.07) is -1.08. The normalized spacial score (nSPS) is 20.2. The minimum atomic E-state index is -1.03. The van der Waals surface area contributed by atoms with Gasteiger partial charge in [-0.05, 0) is 24.0 Å². The second-order valence-corrected chi connectivity index (χ2v) is 6.53. The number of nitro groups is 2. The Hall–Kier alpha value is -2.34. The van der Waals surface area contributed by atoms with Crippen LogP contribution in [0.25, 0.3) is 0 Å². The molecule has 11 nitrogen and oxygen atoms in total. The summed E-state index contributed by atoms with van der Waals surface area (Å²) < 4.78 is 4.43. The van der Waals surface area contributed by atoms with E-state index in [4.69, 9.17) is 5.11 Å². The van der Waals surface area contributed by atoms with Gasteiger partial charge in [-0.25, -0.2) is 9.59 Å². The Kier molecular flexibility index (Phi) is 16.3. The average molecular weight is 448 g/mol. The van der Waals surface area contributed by atoms with Gasteiger partial charge >= 0.3 is 41.5 Å². The van der Waals surface area contributed by atoms with Gasteiger partial charge in [0.05, 0.1) is 7.11 Å². The molecule has 2 N–H and O–H groups in total. The van der Waals surface area contributed by atoms with Crippen LogP contribution >= 0.6 is 0 Å².